The van der Waals surface area contributed by atoms with Crippen LogP contribution in [0.25, 0.3) is 0 Å². The van der Waals surface area contributed by atoms with Crippen LogP contribution in [0.1, 0.15) is 36.2 Å². The summed E-state index contributed by atoms with van der Waals surface area (Å²) in [6.45, 7) is 6.73. The van der Waals surface area contributed by atoms with Crippen LogP contribution in [-0.2, 0) is 9.53 Å². The number of ketones is 1. The van der Waals surface area contributed by atoms with Crippen LogP contribution in [0.3, 0.4) is 0 Å². The van der Waals surface area contributed by atoms with Crippen molar-refractivity contribution in [1.29, 1.82) is 0 Å². The molecule has 0 aromatic heterocycles. The van der Waals surface area contributed by atoms with Gasteiger partial charge in [-0.2, -0.15) is 0 Å². The summed E-state index contributed by atoms with van der Waals surface area (Å²) >= 11 is 0. The second-order valence-electron chi connectivity index (χ2n) is 4.69. The van der Waals surface area contributed by atoms with E-state index in [9.17, 15) is 9.59 Å². The maximum Gasteiger partial charge on any atom is 0.307 e. The summed E-state index contributed by atoms with van der Waals surface area (Å²) in [5, 5.41) is 3.03. The third-order valence-corrected chi connectivity index (χ3v) is 3.07. The van der Waals surface area contributed by atoms with Gasteiger partial charge in [-0.25, -0.2) is 0 Å². The molecular weight excluding hydrogens is 270 g/mol. The fourth-order valence-electron chi connectivity index (χ4n) is 2.06. The number of ether oxygens (including phenoxy) is 2. The quantitative estimate of drug-likeness (QED) is 0.587. The number of hydrogen-bond donors (Lipinski definition) is 1. The van der Waals surface area contributed by atoms with Crippen LogP contribution in [0.15, 0.2) is 18.2 Å². The fraction of sp³-hybridized carbons (Fsp3) is 0.500. The van der Waals surface area contributed by atoms with Gasteiger partial charge in [-0.15, -0.1) is 0 Å². The summed E-state index contributed by atoms with van der Waals surface area (Å²) in [5.41, 5.74) is 1.46. The van der Waals surface area contributed by atoms with Crippen molar-refractivity contribution >= 4 is 11.8 Å². The molecule has 1 aromatic carbocycles. The van der Waals surface area contributed by atoms with E-state index in [0.717, 1.165) is 5.56 Å². The summed E-state index contributed by atoms with van der Waals surface area (Å²) in [4.78, 5) is 24.1. The molecule has 1 N–H and O–H groups in total. The maximum absolute atomic E-state index is 12.7. The number of hydrogen-bond acceptors (Lipinski definition) is 5. The van der Waals surface area contributed by atoms with Crippen LogP contribution < -0.4 is 10.1 Å². The summed E-state index contributed by atoms with van der Waals surface area (Å²) < 4.78 is 10.2. The average Bonchev–Trinajstić information content (AvgIpc) is 2.48. The monoisotopic (exact) mass is 293 g/mol. The van der Waals surface area contributed by atoms with Gasteiger partial charge in [-0.1, -0.05) is 18.6 Å². The first-order valence-corrected chi connectivity index (χ1v) is 7.11. The SMILES string of the molecule is CCNC(CC(=O)OC)C(=O)c1cc(C)ccc1OCC. The lowest BCUT2D eigenvalue weighted by Gasteiger charge is -2.18. The van der Waals surface area contributed by atoms with Gasteiger partial charge in [-0.05, 0) is 32.5 Å². The lowest BCUT2D eigenvalue weighted by atomic mass is 9.99. The molecule has 0 saturated carbocycles. The number of carbonyl (C=O) groups is 2. The molecule has 0 amide bonds. The number of aryl methyl sites for hydroxylation is 1. The van der Waals surface area contributed by atoms with E-state index >= 15 is 0 Å². The van der Waals surface area contributed by atoms with Crippen molar-refractivity contribution in [2.45, 2.75) is 33.2 Å². The molecule has 0 fully saturated rings. The van der Waals surface area contributed by atoms with E-state index in [2.05, 4.69) is 10.1 Å². The molecule has 1 unspecified atom stereocenters. The van der Waals surface area contributed by atoms with Gasteiger partial charge in [0.05, 0.1) is 31.7 Å². The Morgan fingerprint density at radius 3 is 2.57 bits per heavy atom. The Bertz CT molecular complexity index is 499. The molecule has 0 spiro atoms. The normalized spacial score (nSPS) is 11.8. The number of methoxy groups -OCH3 is 1. The molecule has 5 nitrogen and oxygen atoms in total. The van der Waals surface area contributed by atoms with Crippen LogP contribution >= 0.6 is 0 Å². The van der Waals surface area contributed by atoms with Gasteiger partial charge in [0.1, 0.15) is 5.75 Å². The Kier molecular flexibility index (Phi) is 6.88. The van der Waals surface area contributed by atoms with Gasteiger partial charge in [0.15, 0.2) is 5.78 Å². The van der Waals surface area contributed by atoms with Gasteiger partial charge in [0.25, 0.3) is 0 Å². The van der Waals surface area contributed by atoms with Crippen molar-refractivity contribution in [3.63, 3.8) is 0 Å². The Balaban J connectivity index is 3.06. The Hall–Kier alpha value is -1.88. The first-order chi connectivity index (χ1) is 10.0. The van der Waals surface area contributed by atoms with Gasteiger partial charge >= 0.3 is 5.97 Å². The molecule has 5 heteroatoms. The van der Waals surface area contributed by atoms with Crippen molar-refractivity contribution in [3.05, 3.63) is 29.3 Å². The molecule has 21 heavy (non-hydrogen) atoms. The standard InChI is InChI=1S/C16H23NO4/c1-5-17-13(10-15(18)20-4)16(19)12-9-11(3)7-8-14(12)21-6-2/h7-9,13,17H,5-6,10H2,1-4H3. The lowest BCUT2D eigenvalue weighted by Crippen LogP contribution is -2.39. The predicted octanol–water partition coefficient (Wildman–Crippen LogP) is 2.12. The van der Waals surface area contributed by atoms with Gasteiger partial charge in [-0.3, -0.25) is 9.59 Å². The second-order valence-corrected chi connectivity index (χ2v) is 4.69. The van der Waals surface area contributed by atoms with E-state index < -0.39 is 12.0 Å². The third kappa shape index (κ3) is 4.86. The van der Waals surface area contributed by atoms with Crippen LogP contribution in [-0.4, -0.2) is 38.1 Å². The van der Waals surface area contributed by atoms with Crippen molar-refractivity contribution in [3.8, 4) is 5.75 Å². The number of esters is 1. The first-order valence-electron chi connectivity index (χ1n) is 7.11. The van der Waals surface area contributed by atoms with E-state index in [1.54, 1.807) is 12.1 Å². The molecule has 1 rings (SSSR count). The van der Waals surface area contributed by atoms with Crippen LogP contribution in [0.2, 0.25) is 0 Å². The maximum atomic E-state index is 12.7. The second kappa shape index (κ2) is 8.42. The number of nitrogens with one attached hydrogen (secondary N) is 1. The molecule has 0 aliphatic rings. The minimum absolute atomic E-state index is 0.00266. The molecule has 1 aromatic rings. The topological polar surface area (TPSA) is 64.6 Å². The zero-order valence-corrected chi connectivity index (χ0v) is 13.1. The zero-order valence-electron chi connectivity index (χ0n) is 13.1. The molecule has 0 saturated heterocycles. The van der Waals surface area contributed by atoms with Crippen molar-refractivity contribution in [2.75, 3.05) is 20.3 Å². The number of carbonyl (C=O) groups excluding carboxylic acids is 2. The number of Topliss-reactive ketones (excluding diaryl/α,β-unsaturated/α-hetero) is 1. The smallest absolute Gasteiger partial charge is 0.307 e. The van der Waals surface area contributed by atoms with Crippen molar-refractivity contribution in [1.82, 2.24) is 5.32 Å². The van der Waals surface area contributed by atoms with E-state index in [1.807, 2.05) is 26.8 Å². The number of likely N-dealkylation sites (N-methyl/N-ethyl adjacent to an activating group) is 1. The number of benzene rings is 1. The summed E-state index contributed by atoms with van der Waals surface area (Å²) in [7, 11) is 1.31. The Morgan fingerprint density at radius 2 is 2.00 bits per heavy atom. The van der Waals surface area contributed by atoms with Crippen LogP contribution in [0.5, 0.6) is 5.75 Å². The average molecular weight is 293 g/mol. The zero-order chi connectivity index (χ0) is 15.8. The third-order valence-electron chi connectivity index (χ3n) is 3.07. The van der Waals surface area contributed by atoms with E-state index in [1.165, 1.54) is 7.11 Å². The molecule has 0 heterocycles. The largest absolute Gasteiger partial charge is 0.493 e. The van der Waals surface area contributed by atoms with Gasteiger partial charge in [0, 0.05) is 0 Å². The van der Waals surface area contributed by atoms with Gasteiger partial charge < -0.3 is 14.8 Å². The molecule has 0 aliphatic heterocycles. The fourth-order valence-corrected chi connectivity index (χ4v) is 2.06. The Morgan fingerprint density at radius 1 is 1.29 bits per heavy atom. The molecular formula is C16H23NO4. The lowest BCUT2D eigenvalue weighted by molar-refractivity contribution is -0.140. The van der Waals surface area contributed by atoms with Gasteiger partial charge in [0.2, 0.25) is 0 Å². The molecule has 116 valence electrons. The van der Waals surface area contributed by atoms with E-state index in [4.69, 9.17) is 4.74 Å². The minimum atomic E-state index is -0.608. The highest BCUT2D eigenvalue weighted by atomic mass is 16.5. The van der Waals surface area contributed by atoms with Crippen LogP contribution in [0, 0.1) is 6.92 Å². The minimum Gasteiger partial charge on any atom is -0.493 e. The van der Waals surface area contributed by atoms with Crippen molar-refractivity contribution < 1.29 is 19.1 Å². The highest BCUT2D eigenvalue weighted by molar-refractivity contribution is 6.04. The van der Waals surface area contributed by atoms with Crippen molar-refractivity contribution in [2.24, 2.45) is 0 Å². The summed E-state index contributed by atoms with van der Waals surface area (Å²) in [6.07, 6.45) is 0.00266. The molecule has 0 aliphatic carbocycles. The van der Waals surface area contributed by atoms with E-state index in [-0.39, 0.29) is 12.2 Å². The molecule has 0 radical (unpaired) electrons. The molecule has 1 atom stereocenters. The molecule has 0 bridgehead atoms. The highest BCUT2D eigenvalue weighted by Gasteiger charge is 2.25. The predicted molar refractivity (Wildman–Crippen MR) is 80.8 cm³/mol. The summed E-state index contributed by atoms with van der Waals surface area (Å²) in [5.74, 6) is -0.0322. The Labute approximate surface area is 125 Å². The summed E-state index contributed by atoms with van der Waals surface area (Å²) in [6, 6.07) is 4.86. The van der Waals surface area contributed by atoms with E-state index in [0.29, 0.717) is 24.5 Å². The first kappa shape index (κ1) is 17.2. The van der Waals surface area contributed by atoms with Crippen LogP contribution in [0.4, 0.5) is 0 Å². The highest BCUT2D eigenvalue weighted by Crippen LogP contribution is 2.22. The number of rotatable bonds is 8.